The Morgan fingerprint density at radius 1 is 1.32 bits per heavy atom. The zero-order valence-electron chi connectivity index (χ0n) is 14.9. The van der Waals surface area contributed by atoms with Gasteiger partial charge in [0.15, 0.2) is 0 Å². The summed E-state index contributed by atoms with van der Waals surface area (Å²) < 4.78 is 17.6. The lowest BCUT2D eigenvalue weighted by Gasteiger charge is -2.32. The summed E-state index contributed by atoms with van der Waals surface area (Å²) in [6, 6.07) is 6.31. The molecule has 0 amide bonds. The first kappa shape index (κ1) is 16.7. The number of hydrogen-bond acceptors (Lipinski definition) is 6. The standard InChI is InChI=1S/C19H25N3O3/c1-13-16(14(2)25-21-13)10-22-11-18(19-17(22)7-5-9-23-19)24-12-15-6-3-4-8-20-15/h3-4,6,8,17-19H,5,7,9-12H2,1-2H3/t17-,18+,19+/m1/s1. The molecule has 0 spiro atoms. The first-order chi connectivity index (χ1) is 12.2. The van der Waals surface area contributed by atoms with Gasteiger partial charge in [-0.05, 0) is 38.8 Å². The van der Waals surface area contributed by atoms with E-state index >= 15 is 0 Å². The summed E-state index contributed by atoms with van der Waals surface area (Å²) >= 11 is 0. The van der Waals surface area contributed by atoms with Crippen LogP contribution in [0, 0.1) is 13.8 Å². The topological polar surface area (TPSA) is 60.6 Å². The van der Waals surface area contributed by atoms with Crippen molar-refractivity contribution in [3.63, 3.8) is 0 Å². The second-order valence-electron chi connectivity index (χ2n) is 6.95. The van der Waals surface area contributed by atoms with Gasteiger partial charge in [0.1, 0.15) is 11.9 Å². The monoisotopic (exact) mass is 343 g/mol. The molecule has 0 N–H and O–H groups in total. The van der Waals surface area contributed by atoms with Gasteiger partial charge in [0.25, 0.3) is 0 Å². The number of nitrogens with zero attached hydrogens (tertiary/aromatic N) is 3. The van der Waals surface area contributed by atoms with Crippen LogP contribution in [0.5, 0.6) is 0 Å². The van der Waals surface area contributed by atoms with E-state index in [-0.39, 0.29) is 12.2 Å². The van der Waals surface area contributed by atoms with Gasteiger partial charge in [-0.1, -0.05) is 11.2 Å². The minimum Gasteiger partial charge on any atom is -0.374 e. The molecule has 2 saturated heterocycles. The second-order valence-corrected chi connectivity index (χ2v) is 6.95. The van der Waals surface area contributed by atoms with Gasteiger partial charge in [-0.3, -0.25) is 9.88 Å². The molecule has 2 aromatic heterocycles. The SMILES string of the molecule is Cc1noc(C)c1CN1C[C@H](OCc2ccccn2)[C@H]2OCCC[C@H]21. The Labute approximate surface area is 148 Å². The smallest absolute Gasteiger partial charge is 0.138 e. The van der Waals surface area contributed by atoms with E-state index in [2.05, 4.69) is 15.0 Å². The van der Waals surface area contributed by atoms with Crippen LogP contribution in [0.15, 0.2) is 28.9 Å². The lowest BCUT2D eigenvalue weighted by Crippen LogP contribution is -2.41. The number of rotatable bonds is 5. The molecule has 134 valence electrons. The molecule has 6 heteroatoms. The van der Waals surface area contributed by atoms with Crippen molar-refractivity contribution in [2.24, 2.45) is 0 Å². The highest BCUT2D eigenvalue weighted by Gasteiger charge is 2.44. The maximum atomic E-state index is 6.20. The molecule has 2 aliphatic rings. The molecular formula is C19H25N3O3. The Kier molecular flexibility index (Phi) is 4.83. The third kappa shape index (κ3) is 3.47. The summed E-state index contributed by atoms with van der Waals surface area (Å²) in [5, 5.41) is 4.08. The number of ether oxygens (including phenoxy) is 2. The third-order valence-corrected chi connectivity index (χ3v) is 5.30. The summed E-state index contributed by atoms with van der Waals surface area (Å²) in [7, 11) is 0. The predicted molar refractivity (Wildman–Crippen MR) is 92.0 cm³/mol. The normalized spacial score (nSPS) is 26.7. The Hall–Kier alpha value is -1.76. The average Bonchev–Trinajstić information content (AvgIpc) is 3.16. The van der Waals surface area contributed by atoms with Gasteiger partial charge in [-0.25, -0.2) is 0 Å². The van der Waals surface area contributed by atoms with Gasteiger partial charge in [0.2, 0.25) is 0 Å². The summed E-state index contributed by atoms with van der Waals surface area (Å²) in [5.41, 5.74) is 3.12. The lowest BCUT2D eigenvalue weighted by molar-refractivity contribution is -0.0824. The summed E-state index contributed by atoms with van der Waals surface area (Å²) in [6.45, 7) is 7.05. The van der Waals surface area contributed by atoms with Gasteiger partial charge < -0.3 is 14.0 Å². The fourth-order valence-corrected chi connectivity index (χ4v) is 3.94. The Morgan fingerprint density at radius 2 is 2.24 bits per heavy atom. The molecule has 2 aliphatic heterocycles. The highest BCUT2D eigenvalue weighted by molar-refractivity contribution is 5.21. The summed E-state index contributed by atoms with van der Waals surface area (Å²) in [6.07, 6.45) is 4.27. The number of aryl methyl sites for hydroxylation is 2. The zero-order chi connectivity index (χ0) is 17.2. The van der Waals surface area contributed by atoms with Gasteiger partial charge >= 0.3 is 0 Å². The number of pyridine rings is 1. The van der Waals surface area contributed by atoms with E-state index < -0.39 is 0 Å². The predicted octanol–water partition coefficient (Wildman–Crippen LogP) is 2.64. The molecule has 2 fully saturated rings. The van der Waals surface area contributed by atoms with Crippen molar-refractivity contribution in [3.05, 3.63) is 47.1 Å². The molecule has 0 unspecified atom stereocenters. The van der Waals surface area contributed by atoms with Crippen LogP contribution in [0.2, 0.25) is 0 Å². The van der Waals surface area contributed by atoms with E-state index in [0.29, 0.717) is 12.6 Å². The second kappa shape index (κ2) is 7.23. The molecule has 6 nitrogen and oxygen atoms in total. The van der Waals surface area contributed by atoms with Crippen molar-refractivity contribution >= 4 is 0 Å². The molecule has 3 atom stereocenters. The van der Waals surface area contributed by atoms with E-state index in [1.165, 1.54) is 5.56 Å². The molecule has 2 aromatic rings. The first-order valence-corrected chi connectivity index (χ1v) is 9.01. The van der Waals surface area contributed by atoms with E-state index in [0.717, 1.165) is 49.7 Å². The van der Waals surface area contributed by atoms with Crippen LogP contribution in [-0.2, 0) is 22.6 Å². The van der Waals surface area contributed by atoms with Crippen molar-refractivity contribution in [1.29, 1.82) is 0 Å². The molecule has 0 saturated carbocycles. The molecule has 0 aliphatic carbocycles. The van der Waals surface area contributed by atoms with Gasteiger partial charge in [0.05, 0.1) is 24.1 Å². The van der Waals surface area contributed by atoms with E-state index in [9.17, 15) is 0 Å². The van der Waals surface area contributed by atoms with E-state index in [1.807, 2.05) is 32.0 Å². The fourth-order valence-electron chi connectivity index (χ4n) is 3.94. The molecule has 0 bridgehead atoms. The highest BCUT2D eigenvalue weighted by Crippen LogP contribution is 2.33. The van der Waals surface area contributed by atoms with Crippen molar-refractivity contribution in [2.75, 3.05) is 13.2 Å². The fraction of sp³-hybridized carbons (Fsp3) is 0.579. The minimum absolute atomic E-state index is 0.0766. The summed E-state index contributed by atoms with van der Waals surface area (Å²) in [5.74, 6) is 0.906. The number of likely N-dealkylation sites (tertiary alicyclic amines) is 1. The molecule has 0 radical (unpaired) electrons. The van der Waals surface area contributed by atoms with Crippen LogP contribution in [0.4, 0.5) is 0 Å². The van der Waals surface area contributed by atoms with Crippen molar-refractivity contribution in [1.82, 2.24) is 15.0 Å². The van der Waals surface area contributed by atoms with Crippen LogP contribution in [0.1, 0.15) is 35.6 Å². The maximum Gasteiger partial charge on any atom is 0.138 e. The van der Waals surface area contributed by atoms with Crippen molar-refractivity contribution in [2.45, 2.75) is 58.1 Å². The van der Waals surface area contributed by atoms with Crippen LogP contribution in [0.25, 0.3) is 0 Å². The largest absolute Gasteiger partial charge is 0.374 e. The average molecular weight is 343 g/mol. The Bertz CT molecular complexity index is 684. The van der Waals surface area contributed by atoms with Crippen LogP contribution in [-0.4, -0.2) is 46.4 Å². The Balaban J connectivity index is 1.46. The Morgan fingerprint density at radius 3 is 3.00 bits per heavy atom. The molecule has 4 heterocycles. The van der Waals surface area contributed by atoms with E-state index in [1.54, 1.807) is 6.20 Å². The minimum atomic E-state index is 0.0766. The third-order valence-electron chi connectivity index (χ3n) is 5.30. The molecule has 4 rings (SSSR count). The van der Waals surface area contributed by atoms with Crippen molar-refractivity contribution in [3.8, 4) is 0 Å². The number of aromatic nitrogens is 2. The van der Waals surface area contributed by atoms with Gasteiger partial charge in [0, 0.05) is 37.5 Å². The van der Waals surface area contributed by atoms with Crippen molar-refractivity contribution < 1.29 is 14.0 Å². The first-order valence-electron chi connectivity index (χ1n) is 9.01. The van der Waals surface area contributed by atoms with Crippen LogP contribution < -0.4 is 0 Å². The molecule has 25 heavy (non-hydrogen) atoms. The molecule has 0 aromatic carbocycles. The van der Waals surface area contributed by atoms with Gasteiger partial charge in [-0.15, -0.1) is 0 Å². The molecular weight excluding hydrogens is 318 g/mol. The van der Waals surface area contributed by atoms with E-state index in [4.69, 9.17) is 14.0 Å². The quantitative estimate of drug-likeness (QED) is 0.832. The summed E-state index contributed by atoms with van der Waals surface area (Å²) in [4.78, 5) is 6.82. The lowest BCUT2D eigenvalue weighted by atomic mass is 10.0. The number of fused-ring (bicyclic) bond motifs is 1. The van der Waals surface area contributed by atoms with Gasteiger partial charge in [-0.2, -0.15) is 0 Å². The number of hydrogen-bond donors (Lipinski definition) is 0. The maximum absolute atomic E-state index is 6.20. The zero-order valence-corrected chi connectivity index (χ0v) is 14.9. The highest BCUT2D eigenvalue weighted by atomic mass is 16.5. The van der Waals surface area contributed by atoms with Crippen LogP contribution >= 0.6 is 0 Å². The van der Waals surface area contributed by atoms with Crippen LogP contribution in [0.3, 0.4) is 0 Å².